The maximum Gasteiger partial charge on any atom is 0.258 e. The second kappa shape index (κ2) is 12.3. The number of ether oxygens (including phenoxy) is 4. The Balaban J connectivity index is 2.35. The molecule has 1 N–H and O–H groups in total. The van der Waals surface area contributed by atoms with Crippen molar-refractivity contribution in [2.45, 2.75) is 26.8 Å². The van der Waals surface area contributed by atoms with Crippen LogP contribution in [0.15, 0.2) is 34.5 Å². The van der Waals surface area contributed by atoms with E-state index in [-0.39, 0.29) is 21.4 Å². The van der Waals surface area contributed by atoms with Crippen molar-refractivity contribution in [3.63, 3.8) is 0 Å². The van der Waals surface area contributed by atoms with Crippen LogP contribution in [0.2, 0.25) is 10.0 Å². The molecule has 0 saturated heterocycles. The molecule has 33 heavy (non-hydrogen) atoms. The van der Waals surface area contributed by atoms with E-state index in [4.69, 9.17) is 42.1 Å². The number of azo groups is 1. The maximum absolute atomic E-state index is 12.9. The molecule has 0 fully saturated rings. The second-order valence-corrected chi connectivity index (χ2v) is 7.31. The highest BCUT2D eigenvalue weighted by atomic mass is 35.5. The number of benzene rings is 2. The number of rotatable bonds is 11. The highest BCUT2D eigenvalue weighted by Crippen LogP contribution is 2.39. The van der Waals surface area contributed by atoms with Gasteiger partial charge < -0.3 is 24.3 Å². The van der Waals surface area contributed by atoms with E-state index in [9.17, 15) is 9.59 Å². The van der Waals surface area contributed by atoms with Crippen LogP contribution < -0.4 is 24.3 Å². The number of hydrogen-bond donors (Lipinski definition) is 1. The number of nitrogens with one attached hydrogen (secondary N) is 1. The monoisotopic (exact) mass is 497 g/mol. The molecule has 0 aliphatic rings. The number of halogens is 2. The van der Waals surface area contributed by atoms with E-state index in [0.717, 1.165) is 0 Å². The topological polar surface area (TPSA) is 108 Å². The third kappa shape index (κ3) is 6.72. The standard InChI is InChI=1S/C22H25Cl2N3O6/c1-6-32-13-8-16(20(24)19(9-13)33-7-2)25-22(29)21(12(3)28)27-26-15-10-14(23)17(30-4)11-18(15)31-5/h8-11,21H,6-7H2,1-5H3,(H,25,29). The fourth-order valence-electron chi connectivity index (χ4n) is 2.74. The van der Waals surface area contributed by atoms with Crippen LogP contribution in [-0.2, 0) is 9.59 Å². The number of nitrogens with zero attached hydrogens (tertiary/aromatic N) is 2. The Morgan fingerprint density at radius 3 is 2.21 bits per heavy atom. The first-order valence-electron chi connectivity index (χ1n) is 9.98. The Labute approximate surface area is 202 Å². The minimum atomic E-state index is -1.45. The molecule has 0 radical (unpaired) electrons. The van der Waals surface area contributed by atoms with Gasteiger partial charge in [0.05, 0.1) is 38.1 Å². The van der Waals surface area contributed by atoms with Gasteiger partial charge in [0.1, 0.15) is 33.7 Å². The molecule has 0 aliphatic carbocycles. The van der Waals surface area contributed by atoms with Gasteiger partial charge in [-0.3, -0.25) is 9.59 Å². The normalized spacial score (nSPS) is 11.7. The van der Waals surface area contributed by atoms with Gasteiger partial charge >= 0.3 is 0 Å². The fraction of sp³-hybridized carbons (Fsp3) is 0.364. The van der Waals surface area contributed by atoms with Gasteiger partial charge in [-0.15, -0.1) is 0 Å². The summed E-state index contributed by atoms with van der Waals surface area (Å²) in [5, 5.41) is 11.0. The summed E-state index contributed by atoms with van der Waals surface area (Å²) in [6.07, 6.45) is 0. The molecule has 2 aromatic rings. The predicted molar refractivity (Wildman–Crippen MR) is 126 cm³/mol. The number of methoxy groups -OCH3 is 2. The van der Waals surface area contributed by atoms with Crippen molar-refractivity contribution in [2.24, 2.45) is 10.2 Å². The van der Waals surface area contributed by atoms with Crippen molar-refractivity contribution < 1.29 is 28.5 Å². The number of amides is 1. The van der Waals surface area contributed by atoms with Crippen LogP contribution in [0.5, 0.6) is 23.0 Å². The molecular weight excluding hydrogens is 473 g/mol. The molecular formula is C22H25Cl2N3O6. The van der Waals surface area contributed by atoms with Crippen LogP contribution in [-0.4, -0.2) is 45.2 Å². The average molecular weight is 498 g/mol. The minimum Gasteiger partial charge on any atom is -0.495 e. The Hall–Kier alpha value is -3.04. The SMILES string of the molecule is CCOc1cc(NC(=O)C(N=Nc2cc(Cl)c(OC)cc2OC)C(C)=O)c(Cl)c(OCC)c1. The van der Waals surface area contributed by atoms with Crippen LogP contribution in [0.4, 0.5) is 11.4 Å². The third-order valence-electron chi connectivity index (χ3n) is 4.25. The number of ketones is 1. The predicted octanol–water partition coefficient (Wildman–Crippen LogP) is 5.49. The molecule has 0 saturated carbocycles. The van der Waals surface area contributed by atoms with Crippen molar-refractivity contribution in [1.29, 1.82) is 0 Å². The first-order valence-corrected chi connectivity index (χ1v) is 10.7. The lowest BCUT2D eigenvalue weighted by atomic mass is 10.2. The van der Waals surface area contributed by atoms with E-state index >= 15 is 0 Å². The molecule has 178 valence electrons. The summed E-state index contributed by atoms with van der Waals surface area (Å²) in [5.41, 5.74) is 0.431. The largest absolute Gasteiger partial charge is 0.495 e. The zero-order valence-corrected chi connectivity index (χ0v) is 20.4. The Morgan fingerprint density at radius 1 is 0.970 bits per heavy atom. The van der Waals surface area contributed by atoms with Crippen LogP contribution in [0.3, 0.4) is 0 Å². The molecule has 0 aromatic heterocycles. The molecule has 1 unspecified atom stereocenters. The van der Waals surface area contributed by atoms with E-state index in [0.29, 0.717) is 36.2 Å². The number of Topliss-reactive ketones (excluding diaryl/α,β-unsaturated/α-hetero) is 1. The summed E-state index contributed by atoms with van der Waals surface area (Å²) in [5.74, 6) is 0.192. The zero-order valence-electron chi connectivity index (χ0n) is 18.9. The van der Waals surface area contributed by atoms with Crippen LogP contribution in [0, 0.1) is 0 Å². The van der Waals surface area contributed by atoms with Crippen molar-refractivity contribution in [3.05, 3.63) is 34.3 Å². The number of hydrogen-bond acceptors (Lipinski definition) is 8. The molecule has 0 spiro atoms. The van der Waals surface area contributed by atoms with Gasteiger partial charge in [0.2, 0.25) is 6.04 Å². The van der Waals surface area contributed by atoms with Gasteiger partial charge in [-0.1, -0.05) is 23.2 Å². The lowest BCUT2D eigenvalue weighted by Crippen LogP contribution is -2.32. The van der Waals surface area contributed by atoms with Crippen molar-refractivity contribution in [1.82, 2.24) is 0 Å². The van der Waals surface area contributed by atoms with Gasteiger partial charge in [-0.05, 0) is 26.8 Å². The highest BCUT2D eigenvalue weighted by Gasteiger charge is 2.25. The third-order valence-corrected chi connectivity index (χ3v) is 4.93. The summed E-state index contributed by atoms with van der Waals surface area (Å²) in [7, 11) is 2.89. The summed E-state index contributed by atoms with van der Waals surface area (Å²) >= 11 is 12.5. The number of anilines is 1. The van der Waals surface area contributed by atoms with Gasteiger partial charge in [0.15, 0.2) is 5.78 Å². The zero-order chi connectivity index (χ0) is 24.5. The second-order valence-electron chi connectivity index (χ2n) is 6.53. The van der Waals surface area contributed by atoms with Crippen molar-refractivity contribution >= 4 is 46.3 Å². The molecule has 2 rings (SSSR count). The van der Waals surface area contributed by atoms with Crippen LogP contribution in [0.25, 0.3) is 0 Å². The molecule has 1 amide bonds. The summed E-state index contributed by atoms with van der Waals surface area (Å²) in [4.78, 5) is 25.1. The Morgan fingerprint density at radius 2 is 1.64 bits per heavy atom. The van der Waals surface area contributed by atoms with Gasteiger partial charge in [-0.25, -0.2) is 0 Å². The summed E-state index contributed by atoms with van der Waals surface area (Å²) in [6, 6.07) is 4.68. The molecule has 2 aromatic carbocycles. The molecule has 9 nitrogen and oxygen atoms in total. The smallest absolute Gasteiger partial charge is 0.258 e. The number of carbonyl (C=O) groups excluding carboxylic acids is 2. The van der Waals surface area contributed by atoms with E-state index in [1.807, 2.05) is 6.92 Å². The van der Waals surface area contributed by atoms with Crippen molar-refractivity contribution in [2.75, 3.05) is 32.8 Å². The van der Waals surface area contributed by atoms with Gasteiger partial charge in [0, 0.05) is 18.2 Å². The molecule has 11 heteroatoms. The van der Waals surface area contributed by atoms with E-state index < -0.39 is 17.7 Å². The van der Waals surface area contributed by atoms with E-state index in [1.165, 1.54) is 39.3 Å². The lowest BCUT2D eigenvalue weighted by Gasteiger charge is -2.15. The Kier molecular flexibility index (Phi) is 9.74. The molecule has 0 heterocycles. The van der Waals surface area contributed by atoms with Gasteiger partial charge in [-0.2, -0.15) is 10.2 Å². The summed E-state index contributed by atoms with van der Waals surface area (Å²) < 4.78 is 21.4. The maximum atomic E-state index is 12.9. The molecule has 0 bridgehead atoms. The van der Waals surface area contributed by atoms with Gasteiger partial charge in [0.25, 0.3) is 5.91 Å². The highest BCUT2D eigenvalue weighted by molar-refractivity contribution is 6.35. The summed E-state index contributed by atoms with van der Waals surface area (Å²) in [6.45, 7) is 5.61. The lowest BCUT2D eigenvalue weighted by molar-refractivity contribution is -0.126. The molecule has 0 aliphatic heterocycles. The first kappa shape index (κ1) is 26.2. The average Bonchev–Trinajstić information content (AvgIpc) is 2.77. The van der Waals surface area contributed by atoms with E-state index in [1.54, 1.807) is 13.0 Å². The van der Waals surface area contributed by atoms with Crippen molar-refractivity contribution in [3.8, 4) is 23.0 Å². The number of carbonyl (C=O) groups is 2. The van der Waals surface area contributed by atoms with Crippen LogP contribution >= 0.6 is 23.2 Å². The fourth-order valence-corrected chi connectivity index (χ4v) is 3.18. The first-order chi connectivity index (χ1) is 15.7. The Bertz CT molecular complexity index is 1050. The molecule has 1 atom stereocenters. The quantitative estimate of drug-likeness (QED) is 0.324. The minimum absolute atomic E-state index is 0.163. The van der Waals surface area contributed by atoms with E-state index in [2.05, 4.69) is 15.5 Å². The van der Waals surface area contributed by atoms with Crippen LogP contribution in [0.1, 0.15) is 20.8 Å².